The third-order valence-corrected chi connectivity index (χ3v) is 4.57. The highest BCUT2D eigenvalue weighted by atomic mass is 35.5. The normalized spacial score (nSPS) is 17.7. The van der Waals surface area contributed by atoms with Crippen molar-refractivity contribution >= 4 is 11.6 Å². The molecule has 1 aliphatic heterocycles. The van der Waals surface area contributed by atoms with Crippen LogP contribution in [0.15, 0.2) is 28.8 Å². The molecule has 1 fully saturated rings. The Bertz CT molecular complexity index is 641. The van der Waals surface area contributed by atoms with Crippen LogP contribution >= 0.6 is 11.6 Å². The number of benzene rings is 1. The Morgan fingerprint density at radius 3 is 2.96 bits per heavy atom. The Morgan fingerprint density at radius 1 is 1.33 bits per heavy atom. The third kappa shape index (κ3) is 4.79. The molecule has 24 heavy (non-hydrogen) atoms. The van der Waals surface area contributed by atoms with Crippen LogP contribution in [0.5, 0.6) is 0 Å². The number of nitrogens with zero attached hydrogens (tertiary/aromatic N) is 3. The van der Waals surface area contributed by atoms with Gasteiger partial charge in [0.1, 0.15) is 0 Å². The molecule has 1 atom stereocenters. The van der Waals surface area contributed by atoms with Crippen LogP contribution in [0.2, 0.25) is 5.02 Å². The first-order chi connectivity index (χ1) is 11.7. The number of hydrogen-bond donors (Lipinski definition) is 0. The average Bonchev–Trinajstić information content (AvgIpc) is 3.22. The second-order valence-electron chi connectivity index (χ2n) is 6.24. The van der Waals surface area contributed by atoms with E-state index < -0.39 is 0 Å². The maximum Gasteiger partial charge on any atom is 0.240 e. The molecule has 130 valence electrons. The molecule has 2 heterocycles. The van der Waals surface area contributed by atoms with Crippen molar-refractivity contribution < 1.29 is 9.26 Å². The molecule has 2 aromatic rings. The van der Waals surface area contributed by atoms with Crippen molar-refractivity contribution in [3.8, 4) is 0 Å². The summed E-state index contributed by atoms with van der Waals surface area (Å²) in [4.78, 5) is 6.86. The summed E-state index contributed by atoms with van der Waals surface area (Å²) in [5.41, 5.74) is 1.01. The highest BCUT2D eigenvalue weighted by molar-refractivity contribution is 6.31. The molecular weight excluding hydrogens is 326 g/mol. The number of ether oxygens (including phenoxy) is 1. The van der Waals surface area contributed by atoms with Crippen molar-refractivity contribution in [1.29, 1.82) is 0 Å². The number of halogens is 1. The Morgan fingerprint density at radius 2 is 2.21 bits per heavy atom. The van der Waals surface area contributed by atoms with Gasteiger partial charge in [0, 0.05) is 24.6 Å². The first-order valence-corrected chi connectivity index (χ1v) is 9.01. The van der Waals surface area contributed by atoms with Crippen LogP contribution in [0.1, 0.15) is 43.5 Å². The van der Waals surface area contributed by atoms with Gasteiger partial charge in [0.2, 0.25) is 5.89 Å². The van der Waals surface area contributed by atoms with E-state index in [0.717, 1.165) is 49.5 Å². The first-order valence-electron chi connectivity index (χ1n) is 8.63. The minimum atomic E-state index is 0.335. The monoisotopic (exact) mass is 349 g/mol. The average molecular weight is 350 g/mol. The van der Waals surface area contributed by atoms with Gasteiger partial charge >= 0.3 is 0 Å². The van der Waals surface area contributed by atoms with E-state index in [1.807, 2.05) is 24.3 Å². The molecule has 0 amide bonds. The van der Waals surface area contributed by atoms with Crippen LogP contribution in [0.3, 0.4) is 0 Å². The van der Waals surface area contributed by atoms with Gasteiger partial charge in [0.15, 0.2) is 5.82 Å². The molecular formula is C18H24ClN3O2. The second-order valence-corrected chi connectivity index (χ2v) is 6.65. The van der Waals surface area contributed by atoms with E-state index >= 15 is 0 Å². The van der Waals surface area contributed by atoms with Gasteiger partial charge in [-0.05, 0) is 37.4 Å². The SMILES string of the molecule is CCCN(Cc1nc(Cc2ccccc2Cl)no1)C[C@@H]1CCCO1. The molecule has 5 nitrogen and oxygen atoms in total. The molecule has 0 unspecified atom stereocenters. The summed E-state index contributed by atoms with van der Waals surface area (Å²) in [6.45, 7) is 5.66. The molecule has 1 aliphatic rings. The fraction of sp³-hybridized carbons (Fsp3) is 0.556. The van der Waals surface area contributed by atoms with Crippen molar-refractivity contribution in [2.24, 2.45) is 0 Å². The van der Waals surface area contributed by atoms with Gasteiger partial charge in [-0.15, -0.1) is 0 Å². The fourth-order valence-electron chi connectivity index (χ4n) is 3.06. The Hall–Kier alpha value is -1.43. The highest BCUT2D eigenvalue weighted by Crippen LogP contribution is 2.18. The van der Waals surface area contributed by atoms with Gasteiger partial charge in [-0.1, -0.05) is 41.9 Å². The summed E-state index contributed by atoms with van der Waals surface area (Å²) in [6, 6.07) is 7.75. The van der Waals surface area contributed by atoms with Crippen molar-refractivity contribution in [3.05, 3.63) is 46.6 Å². The summed E-state index contributed by atoms with van der Waals surface area (Å²) in [6.07, 6.45) is 4.31. The van der Waals surface area contributed by atoms with Gasteiger partial charge in [0.05, 0.1) is 12.6 Å². The van der Waals surface area contributed by atoms with Gasteiger partial charge < -0.3 is 9.26 Å². The van der Waals surface area contributed by atoms with Crippen LogP contribution in [-0.2, 0) is 17.7 Å². The van der Waals surface area contributed by atoms with E-state index in [1.165, 1.54) is 0 Å². The zero-order chi connectivity index (χ0) is 16.8. The summed E-state index contributed by atoms with van der Waals surface area (Å²) in [7, 11) is 0. The van der Waals surface area contributed by atoms with Crippen LogP contribution < -0.4 is 0 Å². The molecule has 0 spiro atoms. The first kappa shape index (κ1) is 17.4. The zero-order valence-corrected chi connectivity index (χ0v) is 14.8. The van der Waals surface area contributed by atoms with E-state index in [0.29, 0.717) is 30.8 Å². The van der Waals surface area contributed by atoms with Crippen molar-refractivity contribution in [1.82, 2.24) is 15.0 Å². The third-order valence-electron chi connectivity index (χ3n) is 4.20. The highest BCUT2D eigenvalue weighted by Gasteiger charge is 2.20. The van der Waals surface area contributed by atoms with Crippen LogP contribution in [0.4, 0.5) is 0 Å². The van der Waals surface area contributed by atoms with Crippen molar-refractivity contribution in [2.75, 3.05) is 19.7 Å². The molecule has 0 saturated carbocycles. The topological polar surface area (TPSA) is 51.4 Å². The maximum absolute atomic E-state index is 6.19. The van der Waals surface area contributed by atoms with Crippen molar-refractivity contribution in [3.63, 3.8) is 0 Å². The summed E-state index contributed by atoms with van der Waals surface area (Å²) < 4.78 is 11.2. The summed E-state index contributed by atoms with van der Waals surface area (Å²) >= 11 is 6.19. The molecule has 0 bridgehead atoms. The molecule has 1 saturated heterocycles. The maximum atomic E-state index is 6.19. The molecule has 6 heteroatoms. The molecule has 1 aromatic carbocycles. The fourth-order valence-corrected chi connectivity index (χ4v) is 3.26. The van der Waals surface area contributed by atoms with Crippen molar-refractivity contribution in [2.45, 2.75) is 45.3 Å². The van der Waals surface area contributed by atoms with Crippen LogP contribution in [0.25, 0.3) is 0 Å². The predicted octanol–water partition coefficient (Wildman–Crippen LogP) is 3.70. The smallest absolute Gasteiger partial charge is 0.240 e. The lowest BCUT2D eigenvalue weighted by atomic mass is 10.1. The molecule has 0 N–H and O–H groups in total. The molecule has 0 radical (unpaired) electrons. The molecule has 1 aromatic heterocycles. The predicted molar refractivity (Wildman–Crippen MR) is 93.1 cm³/mol. The second kappa shape index (κ2) is 8.60. The lowest BCUT2D eigenvalue weighted by Crippen LogP contribution is -2.32. The lowest BCUT2D eigenvalue weighted by molar-refractivity contribution is 0.0669. The zero-order valence-electron chi connectivity index (χ0n) is 14.1. The van der Waals surface area contributed by atoms with Crippen LogP contribution in [-0.4, -0.2) is 40.8 Å². The summed E-state index contributed by atoms with van der Waals surface area (Å²) in [5.74, 6) is 1.33. The minimum absolute atomic E-state index is 0.335. The summed E-state index contributed by atoms with van der Waals surface area (Å²) in [5, 5.41) is 4.83. The van der Waals surface area contributed by atoms with E-state index in [1.54, 1.807) is 0 Å². The van der Waals surface area contributed by atoms with E-state index in [9.17, 15) is 0 Å². The van der Waals surface area contributed by atoms with E-state index in [2.05, 4.69) is 22.0 Å². The lowest BCUT2D eigenvalue weighted by Gasteiger charge is -2.22. The minimum Gasteiger partial charge on any atom is -0.377 e. The molecule has 0 aliphatic carbocycles. The number of rotatable bonds is 8. The Balaban J connectivity index is 1.60. The largest absolute Gasteiger partial charge is 0.377 e. The number of hydrogen-bond acceptors (Lipinski definition) is 5. The van der Waals surface area contributed by atoms with Gasteiger partial charge in [0.25, 0.3) is 0 Å². The van der Waals surface area contributed by atoms with Gasteiger partial charge in [-0.25, -0.2) is 0 Å². The Labute approximate surface area is 147 Å². The van der Waals surface area contributed by atoms with E-state index in [-0.39, 0.29) is 0 Å². The molecule has 3 rings (SSSR count). The van der Waals surface area contributed by atoms with Gasteiger partial charge in [-0.3, -0.25) is 4.90 Å². The number of aromatic nitrogens is 2. The van der Waals surface area contributed by atoms with Gasteiger partial charge in [-0.2, -0.15) is 4.98 Å². The standard InChI is InChI=1S/C18H24ClN3O2/c1-2-9-22(12-15-7-5-10-23-15)13-18-20-17(21-24-18)11-14-6-3-4-8-16(14)19/h3-4,6,8,15H,2,5,7,9-13H2,1H3/t15-/m0/s1. The van der Waals surface area contributed by atoms with Crippen LogP contribution in [0, 0.1) is 0 Å². The quantitative estimate of drug-likeness (QED) is 0.727. The van der Waals surface area contributed by atoms with E-state index in [4.69, 9.17) is 20.9 Å². The Kier molecular flexibility index (Phi) is 6.24.